The largest absolute Gasteiger partial charge is 0.491 e. The lowest BCUT2D eigenvalue weighted by Gasteiger charge is -2.08. The third kappa shape index (κ3) is 6.57. The molecule has 0 amide bonds. The van der Waals surface area contributed by atoms with E-state index < -0.39 is 0 Å². The normalized spacial score (nSPS) is 10.3. The maximum absolute atomic E-state index is 11.5. The van der Waals surface area contributed by atoms with Crippen LogP contribution in [0.25, 0.3) is 0 Å². The molecule has 20 heavy (non-hydrogen) atoms. The second-order valence-corrected chi connectivity index (χ2v) is 4.41. The molecule has 0 aliphatic carbocycles. The van der Waals surface area contributed by atoms with E-state index in [1.807, 2.05) is 0 Å². The number of carbonyl (C=O) groups is 1. The minimum atomic E-state index is -0.307. The van der Waals surface area contributed by atoms with Crippen LogP contribution in [0.2, 0.25) is 0 Å². The first-order valence-electron chi connectivity index (χ1n) is 7.25. The van der Waals surface area contributed by atoms with Crippen molar-refractivity contribution in [1.29, 1.82) is 0 Å². The molecule has 1 aromatic carbocycles. The summed E-state index contributed by atoms with van der Waals surface area (Å²) in [5, 5.41) is 0. The average molecular weight is 280 g/mol. The molecule has 0 unspecified atom stereocenters. The number of benzene rings is 1. The van der Waals surface area contributed by atoms with Gasteiger partial charge in [0, 0.05) is 6.61 Å². The van der Waals surface area contributed by atoms with Crippen LogP contribution < -0.4 is 4.74 Å². The molecular weight excluding hydrogens is 256 g/mol. The fourth-order valence-electron chi connectivity index (χ4n) is 1.68. The monoisotopic (exact) mass is 280 g/mol. The number of rotatable bonds is 10. The van der Waals surface area contributed by atoms with Gasteiger partial charge in [-0.3, -0.25) is 0 Å². The van der Waals surface area contributed by atoms with E-state index in [-0.39, 0.29) is 5.97 Å². The highest BCUT2D eigenvalue weighted by Crippen LogP contribution is 2.12. The molecule has 0 heterocycles. The van der Waals surface area contributed by atoms with Gasteiger partial charge in [0.2, 0.25) is 0 Å². The van der Waals surface area contributed by atoms with Gasteiger partial charge >= 0.3 is 5.97 Å². The minimum Gasteiger partial charge on any atom is -0.491 e. The second kappa shape index (κ2) is 10.3. The number of ether oxygens (including phenoxy) is 3. The smallest absolute Gasteiger partial charge is 0.338 e. The van der Waals surface area contributed by atoms with Crippen molar-refractivity contribution < 1.29 is 19.0 Å². The number of carbonyl (C=O) groups excluding carboxylic acids is 1. The molecule has 4 nitrogen and oxygen atoms in total. The van der Waals surface area contributed by atoms with Gasteiger partial charge in [0.05, 0.1) is 18.8 Å². The van der Waals surface area contributed by atoms with Gasteiger partial charge in [0.15, 0.2) is 0 Å². The molecule has 0 radical (unpaired) electrons. The summed E-state index contributed by atoms with van der Waals surface area (Å²) in [6.45, 7) is 6.23. The molecule has 1 aromatic rings. The Morgan fingerprint density at radius 3 is 2.40 bits per heavy atom. The van der Waals surface area contributed by atoms with Gasteiger partial charge in [0.25, 0.3) is 0 Å². The SMILES string of the molecule is CCCCCOCCOc1ccc(C(=O)OCC)cc1. The van der Waals surface area contributed by atoms with Gasteiger partial charge < -0.3 is 14.2 Å². The van der Waals surface area contributed by atoms with Crippen molar-refractivity contribution in [3.8, 4) is 5.75 Å². The summed E-state index contributed by atoms with van der Waals surface area (Å²) in [6, 6.07) is 6.94. The van der Waals surface area contributed by atoms with Crippen molar-refractivity contribution in [3.05, 3.63) is 29.8 Å². The Kier molecular flexibility index (Phi) is 8.47. The topological polar surface area (TPSA) is 44.8 Å². The fourth-order valence-corrected chi connectivity index (χ4v) is 1.68. The standard InChI is InChI=1S/C16H24O4/c1-3-5-6-11-18-12-13-20-15-9-7-14(8-10-15)16(17)19-4-2/h7-10H,3-6,11-13H2,1-2H3. The highest BCUT2D eigenvalue weighted by Gasteiger charge is 2.05. The van der Waals surface area contributed by atoms with E-state index in [4.69, 9.17) is 14.2 Å². The summed E-state index contributed by atoms with van der Waals surface area (Å²) in [4.78, 5) is 11.5. The van der Waals surface area contributed by atoms with Crippen LogP contribution in [0.1, 0.15) is 43.5 Å². The number of unbranched alkanes of at least 4 members (excludes halogenated alkanes) is 2. The van der Waals surface area contributed by atoms with Crippen LogP contribution in [0, 0.1) is 0 Å². The zero-order valence-electron chi connectivity index (χ0n) is 12.4. The van der Waals surface area contributed by atoms with Gasteiger partial charge in [-0.25, -0.2) is 4.79 Å². The van der Waals surface area contributed by atoms with Gasteiger partial charge in [0.1, 0.15) is 12.4 Å². The Bertz CT molecular complexity index is 373. The second-order valence-electron chi connectivity index (χ2n) is 4.41. The van der Waals surface area contributed by atoms with Crippen LogP contribution in [0.4, 0.5) is 0 Å². The van der Waals surface area contributed by atoms with Crippen molar-refractivity contribution in [2.24, 2.45) is 0 Å². The first-order valence-corrected chi connectivity index (χ1v) is 7.25. The summed E-state index contributed by atoms with van der Waals surface area (Å²) >= 11 is 0. The van der Waals surface area contributed by atoms with Gasteiger partial charge in [-0.05, 0) is 37.6 Å². The highest BCUT2D eigenvalue weighted by atomic mass is 16.5. The van der Waals surface area contributed by atoms with Crippen molar-refractivity contribution >= 4 is 5.97 Å². The lowest BCUT2D eigenvalue weighted by atomic mass is 10.2. The highest BCUT2D eigenvalue weighted by molar-refractivity contribution is 5.89. The Morgan fingerprint density at radius 1 is 1.00 bits per heavy atom. The van der Waals surface area contributed by atoms with Gasteiger partial charge in [-0.2, -0.15) is 0 Å². The maximum Gasteiger partial charge on any atom is 0.338 e. The Hall–Kier alpha value is -1.55. The van der Waals surface area contributed by atoms with Crippen LogP contribution in [-0.4, -0.2) is 32.4 Å². The Morgan fingerprint density at radius 2 is 1.75 bits per heavy atom. The van der Waals surface area contributed by atoms with Gasteiger partial charge in [-0.15, -0.1) is 0 Å². The van der Waals surface area contributed by atoms with Crippen LogP contribution >= 0.6 is 0 Å². The minimum absolute atomic E-state index is 0.307. The molecule has 0 fully saturated rings. The molecule has 0 aliphatic heterocycles. The van der Waals surface area contributed by atoms with Gasteiger partial charge in [-0.1, -0.05) is 19.8 Å². The van der Waals surface area contributed by atoms with E-state index >= 15 is 0 Å². The first-order chi connectivity index (χ1) is 9.77. The van der Waals surface area contributed by atoms with E-state index in [2.05, 4.69) is 6.92 Å². The summed E-state index contributed by atoms with van der Waals surface area (Å²) in [7, 11) is 0. The van der Waals surface area contributed by atoms with Crippen molar-refractivity contribution in [1.82, 2.24) is 0 Å². The molecule has 0 saturated heterocycles. The zero-order valence-corrected chi connectivity index (χ0v) is 12.4. The molecule has 0 bridgehead atoms. The van der Waals surface area contributed by atoms with E-state index in [9.17, 15) is 4.79 Å². The molecule has 112 valence electrons. The van der Waals surface area contributed by atoms with E-state index in [0.717, 1.165) is 18.8 Å². The Balaban J connectivity index is 2.20. The van der Waals surface area contributed by atoms with Crippen molar-refractivity contribution in [3.63, 3.8) is 0 Å². The third-order valence-electron chi connectivity index (χ3n) is 2.75. The molecule has 4 heteroatoms. The summed E-state index contributed by atoms with van der Waals surface area (Å²) < 4.78 is 15.9. The third-order valence-corrected chi connectivity index (χ3v) is 2.75. The number of hydrogen-bond donors (Lipinski definition) is 0. The molecule has 1 rings (SSSR count). The molecule has 0 spiro atoms. The molecule has 0 aromatic heterocycles. The van der Waals surface area contributed by atoms with Crippen LogP contribution in [-0.2, 0) is 9.47 Å². The lowest BCUT2D eigenvalue weighted by molar-refractivity contribution is 0.0526. The summed E-state index contributed by atoms with van der Waals surface area (Å²) in [6.07, 6.45) is 3.51. The number of hydrogen-bond acceptors (Lipinski definition) is 4. The number of esters is 1. The van der Waals surface area contributed by atoms with Crippen LogP contribution in [0.3, 0.4) is 0 Å². The first kappa shape index (κ1) is 16.5. The molecular formula is C16H24O4. The quantitative estimate of drug-likeness (QED) is 0.486. The van der Waals surface area contributed by atoms with Crippen LogP contribution in [0.15, 0.2) is 24.3 Å². The van der Waals surface area contributed by atoms with E-state index in [0.29, 0.717) is 25.4 Å². The average Bonchev–Trinajstić information content (AvgIpc) is 2.47. The molecule has 0 aliphatic rings. The Labute approximate surface area is 121 Å². The van der Waals surface area contributed by atoms with Crippen LogP contribution in [0.5, 0.6) is 5.75 Å². The summed E-state index contributed by atoms with van der Waals surface area (Å²) in [5.74, 6) is 0.425. The zero-order chi connectivity index (χ0) is 14.6. The summed E-state index contributed by atoms with van der Waals surface area (Å²) in [5.41, 5.74) is 0.537. The van der Waals surface area contributed by atoms with E-state index in [1.165, 1.54) is 12.8 Å². The van der Waals surface area contributed by atoms with E-state index in [1.54, 1.807) is 31.2 Å². The van der Waals surface area contributed by atoms with Crippen molar-refractivity contribution in [2.75, 3.05) is 26.4 Å². The lowest BCUT2D eigenvalue weighted by Crippen LogP contribution is -2.08. The maximum atomic E-state index is 11.5. The molecule has 0 atom stereocenters. The fraction of sp³-hybridized carbons (Fsp3) is 0.562. The molecule has 0 N–H and O–H groups in total. The molecule has 0 saturated carbocycles. The predicted octanol–water partition coefficient (Wildman–Crippen LogP) is 3.45. The van der Waals surface area contributed by atoms with Crippen molar-refractivity contribution in [2.45, 2.75) is 33.1 Å². The predicted molar refractivity (Wildman–Crippen MR) is 78.2 cm³/mol.